The number of para-hydroxylation sites is 1. The fourth-order valence-electron chi connectivity index (χ4n) is 3.00. The summed E-state index contributed by atoms with van der Waals surface area (Å²) < 4.78 is 36.7. The van der Waals surface area contributed by atoms with Gasteiger partial charge in [-0.1, -0.05) is 66.2 Å². The van der Waals surface area contributed by atoms with Gasteiger partial charge in [0.15, 0.2) is 0 Å². The lowest BCUT2D eigenvalue weighted by atomic mass is 10.1. The van der Waals surface area contributed by atoms with Crippen molar-refractivity contribution in [3.8, 4) is 0 Å². The van der Waals surface area contributed by atoms with Crippen LogP contribution in [0.25, 0.3) is 0 Å². The second kappa shape index (κ2) is 7.66. The highest BCUT2D eigenvalue weighted by Crippen LogP contribution is 2.32. The minimum absolute atomic E-state index is 0.0989. The van der Waals surface area contributed by atoms with Crippen LogP contribution in [0.5, 0.6) is 0 Å². The maximum Gasteiger partial charge on any atom is 0.348 e. The Balaban J connectivity index is 1.67. The Bertz CT molecular complexity index is 1130. The molecule has 7 heteroatoms. The van der Waals surface area contributed by atoms with Crippen molar-refractivity contribution in [1.82, 2.24) is 0 Å². The van der Waals surface area contributed by atoms with Crippen LogP contribution in [0.1, 0.15) is 16.7 Å². The smallest absolute Gasteiger partial charge is 0.348 e. The van der Waals surface area contributed by atoms with Gasteiger partial charge < -0.3 is 4.74 Å². The third-order valence-corrected chi connectivity index (χ3v) is 5.83. The highest BCUT2D eigenvalue weighted by molar-refractivity contribution is 7.91. The SMILES string of the molecule is O=S1(=O)N=C(OCc2ccccc2)c2ccccc2N1Cc1cccc(Cl)c1. The number of halogens is 1. The zero-order valence-corrected chi connectivity index (χ0v) is 16.4. The van der Waals surface area contributed by atoms with E-state index in [1.165, 1.54) is 4.31 Å². The molecule has 0 aromatic heterocycles. The Labute approximate surface area is 169 Å². The number of nitrogens with zero attached hydrogens (tertiary/aromatic N) is 2. The van der Waals surface area contributed by atoms with E-state index < -0.39 is 10.2 Å². The van der Waals surface area contributed by atoms with Crippen LogP contribution in [0, 0.1) is 0 Å². The second-order valence-corrected chi connectivity index (χ2v) is 8.26. The van der Waals surface area contributed by atoms with Crippen LogP contribution >= 0.6 is 11.6 Å². The van der Waals surface area contributed by atoms with Crippen LogP contribution in [-0.2, 0) is 28.1 Å². The van der Waals surface area contributed by atoms with E-state index in [1.807, 2.05) is 42.5 Å². The second-order valence-electron chi connectivity index (χ2n) is 6.30. The Morgan fingerprint density at radius 2 is 1.61 bits per heavy atom. The van der Waals surface area contributed by atoms with Gasteiger partial charge in [-0.05, 0) is 35.4 Å². The number of hydrogen-bond acceptors (Lipinski definition) is 3. The standard InChI is InChI=1S/C21H17ClN2O3S/c22-18-10-6-9-17(13-18)14-24-20-12-5-4-11-19(20)21(23-28(24,25)26)27-15-16-7-2-1-3-8-16/h1-13H,14-15H2. The highest BCUT2D eigenvalue weighted by Gasteiger charge is 2.32. The largest absolute Gasteiger partial charge is 0.472 e. The van der Waals surface area contributed by atoms with E-state index in [4.69, 9.17) is 16.3 Å². The van der Waals surface area contributed by atoms with Gasteiger partial charge in [-0.25, -0.2) is 4.31 Å². The van der Waals surface area contributed by atoms with Gasteiger partial charge in [0, 0.05) is 5.02 Å². The van der Waals surface area contributed by atoms with Crippen LogP contribution in [0.3, 0.4) is 0 Å². The van der Waals surface area contributed by atoms with E-state index in [1.54, 1.807) is 36.4 Å². The van der Waals surface area contributed by atoms with Crippen molar-refractivity contribution < 1.29 is 13.2 Å². The molecule has 142 valence electrons. The first-order chi connectivity index (χ1) is 13.5. The van der Waals surface area contributed by atoms with Crippen LogP contribution in [0.4, 0.5) is 5.69 Å². The van der Waals surface area contributed by atoms with E-state index >= 15 is 0 Å². The normalized spacial score (nSPS) is 14.9. The number of fused-ring (bicyclic) bond motifs is 1. The predicted octanol–water partition coefficient (Wildman–Crippen LogP) is 4.57. The molecule has 0 N–H and O–H groups in total. The number of hydrogen-bond donors (Lipinski definition) is 0. The molecule has 0 fully saturated rings. The topological polar surface area (TPSA) is 59.0 Å². The van der Waals surface area contributed by atoms with Crippen molar-refractivity contribution in [1.29, 1.82) is 0 Å². The monoisotopic (exact) mass is 412 g/mol. The van der Waals surface area contributed by atoms with Crippen LogP contribution < -0.4 is 4.31 Å². The number of ether oxygens (including phenoxy) is 1. The molecule has 0 radical (unpaired) electrons. The lowest BCUT2D eigenvalue weighted by Gasteiger charge is -2.28. The molecule has 4 rings (SSSR count). The van der Waals surface area contributed by atoms with Crippen LogP contribution in [-0.4, -0.2) is 14.3 Å². The molecule has 0 spiro atoms. The van der Waals surface area contributed by atoms with Gasteiger partial charge >= 0.3 is 10.2 Å². The molecule has 0 unspecified atom stereocenters. The summed E-state index contributed by atoms with van der Waals surface area (Å²) >= 11 is 6.04. The van der Waals surface area contributed by atoms with Gasteiger partial charge in [-0.2, -0.15) is 8.42 Å². The lowest BCUT2D eigenvalue weighted by Crippen LogP contribution is -2.35. The van der Waals surface area contributed by atoms with Crippen molar-refractivity contribution in [2.45, 2.75) is 13.2 Å². The van der Waals surface area contributed by atoms with Gasteiger partial charge in [0.1, 0.15) is 6.61 Å². The number of benzene rings is 3. The first kappa shape index (κ1) is 18.5. The van der Waals surface area contributed by atoms with Gasteiger partial charge in [0.25, 0.3) is 0 Å². The summed E-state index contributed by atoms with van der Waals surface area (Å²) in [5.74, 6) is 0.0989. The third kappa shape index (κ3) is 3.88. The Morgan fingerprint density at radius 1 is 0.893 bits per heavy atom. The van der Waals surface area contributed by atoms with E-state index in [-0.39, 0.29) is 19.0 Å². The predicted molar refractivity (Wildman–Crippen MR) is 111 cm³/mol. The van der Waals surface area contributed by atoms with Gasteiger partial charge in [-0.15, -0.1) is 4.40 Å². The van der Waals surface area contributed by atoms with Crippen molar-refractivity contribution in [3.05, 3.63) is 101 Å². The van der Waals surface area contributed by atoms with Crippen LogP contribution in [0.2, 0.25) is 5.02 Å². The molecule has 1 aliphatic rings. The third-order valence-electron chi connectivity index (χ3n) is 4.31. The first-order valence-corrected chi connectivity index (χ1v) is 10.4. The molecule has 0 bridgehead atoms. The fraction of sp³-hybridized carbons (Fsp3) is 0.0952. The number of rotatable bonds is 4. The molecule has 28 heavy (non-hydrogen) atoms. The van der Waals surface area contributed by atoms with E-state index in [0.717, 1.165) is 11.1 Å². The van der Waals surface area contributed by atoms with Crippen molar-refractivity contribution in [2.24, 2.45) is 4.40 Å². The Kier molecular flexibility index (Phi) is 5.07. The van der Waals surface area contributed by atoms with Gasteiger partial charge in [-0.3, -0.25) is 0 Å². The molecule has 5 nitrogen and oxygen atoms in total. The summed E-state index contributed by atoms with van der Waals surface area (Å²) in [4.78, 5) is 0. The molecule has 3 aromatic carbocycles. The average Bonchev–Trinajstić information content (AvgIpc) is 2.69. The Hall–Kier alpha value is -2.83. The van der Waals surface area contributed by atoms with Crippen LogP contribution in [0.15, 0.2) is 83.3 Å². The maximum atomic E-state index is 12.9. The molecule has 0 saturated heterocycles. The van der Waals surface area contributed by atoms with E-state index in [0.29, 0.717) is 16.3 Å². The minimum Gasteiger partial charge on any atom is -0.472 e. The molecule has 1 heterocycles. The fourth-order valence-corrected chi connectivity index (χ4v) is 4.39. The quantitative estimate of drug-likeness (QED) is 0.630. The molecule has 0 amide bonds. The molecule has 1 aliphatic heterocycles. The summed E-state index contributed by atoms with van der Waals surface area (Å²) in [6.45, 7) is 0.368. The summed E-state index contributed by atoms with van der Waals surface area (Å²) in [6.07, 6.45) is 0. The first-order valence-electron chi connectivity index (χ1n) is 8.66. The summed E-state index contributed by atoms with van der Waals surface area (Å²) in [5.41, 5.74) is 2.87. The molecular weight excluding hydrogens is 396 g/mol. The maximum absolute atomic E-state index is 12.9. The summed E-state index contributed by atoms with van der Waals surface area (Å²) in [5, 5.41) is 0.551. The van der Waals surface area contributed by atoms with Gasteiger partial charge in [0.2, 0.25) is 5.90 Å². The highest BCUT2D eigenvalue weighted by atomic mass is 35.5. The van der Waals surface area contributed by atoms with Gasteiger partial charge in [0.05, 0.1) is 17.8 Å². The average molecular weight is 413 g/mol. The van der Waals surface area contributed by atoms with Crippen molar-refractivity contribution in [3.63, 3.8) is 0 Å². The van der Waals surface area contributed by atoms with Crippen molar-refractivity contribution in [2.75, 3.05) is 4.31 Å². The summed E-state index contributed by atoms with van der Waals surface area (Å²) in [6, 6.07) is 23.8. The molecule has 0 aliphatic carbocycles. The van der Waals surface area contributed by atoms with E-state index in [9.17, 15) is 8.42 Å². The van der Waals surface area contributed by atoms with E-state index in [2.05, 4.69) is 4.40 Å². The Morgan fingerprint density at radius 3 is 2.39 bits per heavy atom. The van der Waals surface area contributed by atoms with Crippen molar-refractivity contribution >= 4 is 33.4 Å². The molecular formula is C21H17ClN2O3S. The molecule has 0 saturated carbocycles. The summed E-state index contributed by atoms with van der Waals surface area (Å²) in [7, 11) is -3.95. The lowest BCUT2D eigenvalue weighted by molar-refractivity contribution is 0.294. The zero-order chi connectivity index (χ0) is 19.6. The number of anilines is 1. The molecule has 3 aromatic rings. The minimum atomic E-state index is -3.95. The molecule has 0 atom stereocenters. The zero-order valence-electron chi connectivity index (χ0n) is 14.8.